The molecule has 2 rings (SSSR count). The van der Waals surface area contributed by atoms with Gasteiger partial charge < -0.3 is 10.4 Å². The molecule has 112 valence electrons. The van der Waals surface area contributed by atoms with Crippen LogP contribution in [-0.2, 0) is 4.79 Å². The highest BCUT2D eigenvalue weighted by molar-refractivity contribution is 5.79. The fraction of sp³-hybridized carbons (Fsp3) is 0.429. The lowest BCUT2D eigenvalue weighted by molar-refractivity contribution is -0.125. The van der Waals surface area contributed by atoms with Gasteiger partial charge >= 0.3 is 0 Å². The molecule has 0 aliphatic heterocycles. The molecule has 0 spiro atoms. The third-order valence-electron chi connectivity index (χ3n) is 3.25. The quantitative estimate of drug-likeness (QED) is 0.820. The van der Waals surface area contributed by atoms with Crippen LogP contribution in [0.3, 0.4) is 0 Å². The van der Waals surface area contributed by atoms with E-state index in [1.54, 1.807) is 6.92 Å². The van der Waals surface area contributed by atoms with E-state index in [0.29, 0.717) is 12.2 Å². The summed E-state index contributed by atoms with van der Waals surface area (Å²) in [7, 11) is 0. The van der Waals surface area contributed by atoms with Crippen molar-refractivity contribution in [3.63, 3.8) is 0 Å². The largest absolute Gasteiger partial charge is 0.394 e. The highest BCUT2D eigenvalue weighted by Crippen LogP contribution is 2.13. The number of benzene rings is 1. The van der Waals surface area contributed by atoms with Crippen LogP contribution in [0, 0.1) is 0 Å². The molecule has 7 heteroatoms. The van der Waals surface area contributed by atoms with Crippen LogP contribution >= 0.6 is 0 Å². The smallest absolute Gasteiger partial charge is 0.246 e. The lowest BCUT2D eigenvalue weighted by Gasteiger charge is -2.16. The van der Waals surface area contributed by atoms with Crippen molar-refractivity contribution in [3.05, 3.63) is 30.3 Å². The minimum atomic E-state index is -0.587. The van der Waals surface area contributed by atoms with Crippen molar-refractivity contribution in [2.24, 2.45) is 0 Å². The van der Waals surface area contributed by atoms with E-state index in [2.05, 4.69) is 20.7 Å². The van der Waals surface area contributed by atoms with Crippen molar-refractivity contribution in [3.8, 4) is 11.4 Å². The van der Waals surface area contributed by atoms with E-state index in [0.717, 1.165) is 5.56 Å². The summed E-state index contributed by atoms with van der Waals surface area (Å²) in [6.07, 6.45) is 0.662. The van der Waals surface area contributed by atoms with Crippen LogP contribution in [0.5, 0.6) is 0 Å². The molecule has 0 saturated heterocycles. The maximum atomic E-state index is 12.1. The molecule has 21 heavy (non-hydrogen) atoms. The molecule has 7 nitrogen and oxygen atoms in total. The number of hydrogen-bond acceptors (Lipinski definition) is 5. The summed E-state index contributed by atoms with van der Waals surface area (Å²) in [5.74, 6) is 0.234. The van der Waals surface area contributed by atoms with Crippen LogP contribution in [0.15, 0.2) is 30.3 Å². The highest BCUT2D eigenvalue weighted by Gasteiger charge is 2.20. The van der Waals surface area contributed by atoms with Crippen molar-refractivity contribution in [2.45, 2.75) is 32.4 Å². The average molecular weight is 289 g/mol. The molecule has 2 atom stereocenters. The maximum Gasteiger partial charge on any atom is 0.246 e. The molecule has 2 unspecified atom stereocenters. The molecule has 0 bridgehead atoms. The summed E-state index contributed by atoms with van der Waals surface area (Å²) in [6.45, 7) is 3.50. The molecule has 1 amide bonds. The Morgan fingerprint density at radius 1 is 1.38 bits per heavy atom. The van der Waals surface area contributed by atoms with E-state index >= 15 is 0 Å². The number of nitrogens with zero attached hydrogens (tertiary/aromatic N) is 4. The summed E-state index contributed by atoms with van der Waals surface area (Å²) in [6, 6.07) is 8.60. The van der Waals surface area contributed by atoms with Crippen LogP contribution in [0.4, 0.5) is 0 Å². The minimum absolute atomic E-state index is 0.0883. The molecule has 0 saturated carbocycles. The van der Waals surface area contributed by atoms with Crippen LogP contribution in [0.1, 0.15) is 26.3 Å². The minimum Gasteiger partial charge on any atom is -0.394 e. The predicted molar refractivity (Wildman–Crippen MR) is 77.3 cm³/mol. The first kappa shape index (κ1) is 15.1. The van der Waals surface area contributed by atoms with Crippen molar-refractivity contribution < 1.29 is 9.90 Å². The number of rotatable bonds is 6. The van der Waals surface area contributed by atoms with Gasteiger partial charge in [0.2, 0.25) is 11.7 Å². The Labute approximate surface area is 123 Å². The second kappa shape index (κ2) is 6.94. The fourth-order valence-electron chi connectivity index (χ4n) is 1.80. The Morgan fingerprint density at radius 3 is 2.71 bits per heavy atom. The van der Waals surface area contributed by atoms with Gasteiger partial charge in [-0.05, 0) is 18.6 Å². The van der Waals surface area contributed by atoms with Crippen molar-refractivity contribution in [2.75, 3.05) is 6.61 Å². The van der Waals surface area contributed by atoms with E-state index in [4.69, 9.17) is 5.11 Å². The average Bonchev–Trinajstić information content (AvgIpc) is 3.02. The molecule has 0 aliphatic rings. The summed E-state index contributed by atoms with van der Waals surface area (Å²) in [5.41, 5.74) is 0.846. The monoisotopic (exact) mass is 289 g/mol. The normalized spacial score (nSPS) is 13.7. The second-order valence-corrected chi connectivity index (χ2v) is 4.77. The lowest BCUT2D eigenvalue weighted by Crippen LogP contribution is -2.41. The van der Waals surface area contributed by atoms with Gasteiger partial charge in [-0.2, -0.15) is 4.80 Å². The maximum absolute atomic E-state index is 12.1. The first-order valence-electron chi connectivity index (χ1n) is 6.91. The molecular formula is C14H19N5O2. The molecule has 0 fully saturated rings. The van der Waals surface area contributed by atoms with Gasteiger partial charge in [-0.25, -0.2) is 0 Å². The molecule has 2 aromatic rings. The van der Waals surface area contributed by atoms with Gasteiger partial charge in [-0.3, -0.25) is 4.79 Å². The number of carbonyl (C=O) groups is 1. The number of aromatic nitrogens is 4. The van der Waals surface area contributed by atoms with E-state index in [-0.39, 0.29) is 18.6 Å². The fourth-order valence-corrected chi connectivity index (χ4v) is 1.80. The Morgan fingerprint density at radius 2 is 2.10 bits per heavy atom. The Balaban J connectivity index is 2.08. The number of aliphatic hydroxyl groups is 1. The molecule has 2 N–H and O–H groups in total. The zero-order valence-electron chi connectivity index (χ0n) is 12.1. The number of carbonyl (C=O) groups excluding carboxylic acids is 1. The van der Waals surface area contributed by atoms with Crippen LogP contribution in [0.2, 0.25) is 0 Å². The van der Waals surface area contributed by atoms with Crippen molar-refractivity contribution in [1.29, 1.82) is 0 Å². The van der Waals surface area contributed by atoms with E-state index in [1.807, 2.05) is 37.3 Å². The molecule has 0 aliphatic carbocycles. The number of hydrogen-bond donors (Lipinski definition) is 2. The van der Waals surface area contributed by atoms with Gasteiger partial charge in [0.1, 0.15) is 6.04 Å². The number of amides is 1. The van der Waals surface area contributed by atoms with Gasteiger partial charge in [-0.1, -0.05) is 37.3 Å². The number of nitrogens with one attached hydrogen (secondary N) is 1. The Hall–Kier alpha value is -2.28. The van der Waals surface area contributed by atoms with Gasteiger partial charge in [0, 0.05) is 5.56 Å². The Bertz CT molecular complexity index is 580. The van der Waals surface area contributed by atoms with E-state index in [9.17, 15) is 4.79 Å². The van der Waals surface area contributed by atoms with Crippen molar-refractivity contribution in [1.82, 2.24) is 25.5 Å². The van der Waals surface area contributed by atoms with E-state index < -0.39 is 6.04 Å². The van der Waals surface area contributed by atoms with Crippen LogP contribution in [0.25, 0.3) is 11.4 Å². The Kier molecular flexibility index (Phi) is 4.99. The lowest BCUT2D eigenvalue weighted by atomic mass is 10.2. The van der Waals surface area contributed by atoms with Gasteiger partial charge in [0.15, 0.2) is 0 Å². The zero-order valence-corrected chi connectivity index (χ0v) is 12.1. The summed E-state index contributed by atoms with van der Waals surface area (Å²) in [4.78, 5) is 13.3. The topological polar surface area (TPSA) is 92.9 Å². The predicted octanol–water partition coefficient (Wildman–Crippen LogP) is 0.788. The highest BCUT2D eigenvalue weighted by atomic mass is 16.3. The first-order chi connectivity index (χ1) is 10.2. The molecular weight excluding hydrogens is 270 g/mol. The molecule has 1 heterocycles. The summed E-state index contributed by atoms with van der Waals surface area (Å²) >= 11 is 0. The molecule has 0 radical (unpaired) electrons. The van der Waals surface area contributed by atoms with Gasteiger partial charge in [0.25, 0.3) is 0 Å². The van der Waals surface area contributed by atoms with Crippen LogP contribution < -0.4 is 5.32 Å². The number of aliphatic hydroxyl groups excluding tert-OH is 1. The first-order valence-corrected chi connectivity index (χ1v) is 6.91. The molecule has 1 aromatic carbocycles. The third-order valence-corrected chi connectivity index (χ3v) is 3.25. The van der Waals surface area contributed by atoms with Crippen molar-refractivity contribution >= 4 is 5.91 Å². The van der Waals surface area contributed by atoms with Gasteiger partial charge in [0.05, 0.1) is 12.6 Å². The SMILES string of the molecule is CCC(CO)NC(=O)C(C)n1nnc(-c2ccccc2)n1. The summed E-state index contributed by atoms with van der Waals surface area (Å²) in [5, 5.41) is 24.0. The van der Waals surface area contributed by atoms with E-state index in [1.165, 1.54) is 4.80 Å². The summed E-state index contributed by atoms with van der Waals surface area (Å²) < 4.78 is 0. The van der Waals surface area contributed by atoms with Gasteiger partial charge in [-0.15, -0.1) is 10.2 Å². The standard InChI is InChI=1S/C14H19N5O2/c1-3-12(9-20)15-14(21)10(2)19-17-13(16-18-19)11-7-5-4-6-8-11/h4-8,10,12,20H,3,9H2,1-2H3,(H,15,21). The number of tetrazole rings is 1. The second-order valence-electron chi connectivity index (χ2n) is 4.77. The molecule has 1 aromatic heterocycles. The van der Waals surface area contributed by atoms with Crippen LogP contribution in [-0.4, -0.2) is 43.9 Å². The third kappa shape index (κ3) is 3.63. The zero-order chi connectivity index (χ0) is 15.2.